The zero-order valence-corrected chi connectivity index (χ0v) is 30.1. The molecule has 0 aromatic heterocycles. The number of aliphatic imine (C=N–C) groups is 1. The van der Waals surface area contributed by atoms with Crippen LogP contribution in [-0.4, -0.2) is 76.2 Å². The number of amidine groups is 1. The van der Waals surface area contributed by atoms with Crippen LogP contribution in [0.1, 0.15) is 98.3 Å². The number of carbonyl (C=O) groups is 1. The van der Waals surface area contributed by atoms with E-state index in [1.165, 1.54) is 62.8 Å². The second-order valence-electron chi connectivity index (χ2n) is 13.9. The molecule has 0 spiro atoms. The van der Waals surface area contributed by atoms with E-state index in [9.17, 15) is 4.79 Å². The highest BCUT2D eigenvalue weighted by atomic mass is 16.5. The number of nitrogens with two attached hydrogens (primary N) is 1. The molecule has 2 saturated heterocycles. The van der Waals surface area contributed by atoms with Crippen LogP contribution in [-0.2, 0) is 9.53 Å². The molecule has 0 aliphatic carbocycles. The Morgan fingerprint density at radius 3 is 2.55 bits per heavy atom. The summed E-state index contributed by atoms with van der Waals surface area (Å²) in [5.41, 5.74) is 10.9. The molecule has 262 valence electrons. The Labute approximate surface area is 284 Å². The molecule has 1 atom stereocenters. The fourth-order valence-electron chi connectivity index (χ4n) is 7.44. The van der Waals surface area contributed by atoms with Crippen molar-refractivity contribution in [3.63, 3.8) is 0 Å². The Hall–Kier alpha value is -3.04. The minimum Gasteiger partial charge on any atom is -0.495 e. The van der Waals surface area contributed by atoms with Crippen molar-refractivity contribution in [2.24, 2.45) is 22.6 Å². The monoisotopic (exact) mass is 650 g/mol. The number of hydrogen-bond donors (Lipinski definition) is 3. The maximum Gasteiger partial charge on any atom is 0.248 e. The van der Waals surface area contributed by atoms with E-state index in [1.807, 2.05) is 6.07 Å². The van der Waals surface area contributed by atoms with Gasteiger partial charge in [0.25, 0.3) is 0 Å². The van der Waals surface area contributed by atoms with Crippen LogP contribution in [0.3, 0.4) is 0 Å². The van der Waals surface area contributed by atoms with E-state index >= 15 is 0 Å². The van der Waals surface area contributed by atoms with Crippen LogP contribution in [0.4, 0.5) is 11.4 Å². The van der Waals surface area contributed by atoms with Gasteiger partial charge in [-0.15, -0.1) is 0 Å². The lowest BCUT2D eigenvalue weighted by Gasteiger charge is -2.37. The number of anilines is 2. The fourth-order valence-corrected chi connectivity index (χ4v) is 7.44. The molecule has 3 aliphatic rings. The van der Waals surface area contributed by atoms with Crippen LogP contribution in [0, 0.1) is 11.8 Å². The summed E-state index contributed by atoms with van der Waals surface area (Å²) in [6.45, 7) is 14.9. The number of unbranched alkanes of at least 4 members (excludes halogenated alkanes) is 1. The highest BCUT2D eigenvalue weighted by molar-refractivity contribution is 6.02. The molecule has 9 heteroatoms. The van der Waals surface area contributed by atoms with Gasteiger partial charge < -0.3 is 35.6 Å². The van der Waals surface area contributed by atoms with Crippen LogP contribution < -0.4 is 26.0 Å². The molecule has 47 heavy (non-hydrogen) atoms. The first-order chi connectivity index (χ1) is 22.7. The number of ether oxygens (including phenoxy) is 2. The minimum atomic E-state index is -0.428. The molecule has 2 fully saturated rings. The van der Waals surface area contributed by atoms with Gasteiger partial charge in [0.15, 0.2) is 0 Å². The van der Waals surface area contributed by atoms with E-state index in [4.69, 9.17) is 20.2 Å². The Morgan fingerprint density at radius 1 is 1.15 bits per heavy atom. The van der Waals surface area contributed by atoms with Crippen molar-refractivity contribution in [2.75, 3.05) is 63.8 Å². The van der Waals surface area contributed by atoms with Crippen molar-refractivity contribution >= 4 is 23.1 Å². The largest absolute Gasteiger partial charge is 0.495 e. The number of rotatable bonds is 15. The third-order valence-corrected chi connectivity index (χ3v) is 10.4. The topological polar surface area (TPSA) is 104 Å². The molecule has 0 saturated carbocycles. The first-order valence-electron chi connectivity index (χ1n) is 18.3. The first-order valence-corrected chi connectivity index (χ1v) is 18.3. The quantitative estimate of drug-likeness (QED) is 0.178. The Bertz CT molecular complexity index is 1260. The number of primary amides is 1. The van der Waals surface area contributed by atoms with E-state index in [0.717, 1.165) is 86.8 Å². The first kappa shape index (κ1) is 36.8. The van der Waals surface area contributed by atoms with Crippen LogP contribution >= 0.6 is 0 Å². The number of nitrogens with zero attached hydrogens (tertiary/aromatic N) is 3. The number of piperidine rings is 1. The molecular formula is C38H62N6O3. The standard InChI is InChI=1S/C38H62N6O3/c1-7-20-43(5)21-10-9-11-27(3)29-16-22-44(23-17-29)34-15-13-31(26-35(34)46-6)41-38-33(36(39)45)14-12-28(4)32(8-2)37(42-38)40-30-18-24-47-25-19-30/h13,15,26-27,29-30,41H,7-12,14,16-25H2,1-6H3,(H2,39,45)(H,40,42)/b32-28+,38-33?/t27-/m1/s1. The van der Waals surface area contributed by atoms with Crippen molar-refractivity contribution in [1.82, 2.24) is 10.2 Å². The van der Waals surface area contributed by atoms with E-state index in [1.54, 1.807) is 7.11 Å². The molecule has 0 unspecified atom stereocenters. The zero-order chi connectivity index (χ0) is 33.8. The molecule has 1 aromatic carbocycles. The minimum absolute atomic E-state index is 0.183. The number of benzene rings is 1. The van der Waals surface area contributed by atoms with Gasteiger partial charge in [-0.3, -0.25) is 9.79 Å². The van der Waals surface area contributed by atoms with Crippen LogP contribution in [0.15, 0.2) is 45.7 Å². The highest BCUT2D eigenvalue weighted by Crippen LogP contribution is 2.37. The van der Waals surface area contributed by atoms with Crippen LogP contribution in [0.2, 0.25) is 0 Å². The number of carbonyl (C=O) groups excluding carboxylic acids is 1. The van der Waals surface area contributed by atoms with Gasteiger partial charge in [-0.1, -0.05) is 39.2 Å². The van der Waals surface area contributed by atoms with Gasteiger partial charge in [-0.25, -0.2) is 0 Å². The predicted molar refractivity (Wildman–Crippen MR) is 195 cm³/mol. The van der Waals surface area contributed by atoms with E-state index < -0.39 is 5.91 Å². The number of allylic oxidation sites excluding steroid dienone is 1. The zero-order valence-electron chi connectivity index (χ0n) is 30.1. The Morgan fingerprint density at radius 2 is 1.89 bits per heavy atom. The second kappa shape index (κ2) is 18.5. The lowest BCUT2D eigenvalue weighted by molar-refractivity contribution is -0.114. The van der Waals surface area contributed by atoms with Crippen molar-refractivity contribution < 1.29 is 14.3 Å². The Kier molecular flexibility index (Phi) is 14.5. The Balaban J connectivity index is 1.44. The lowest BCUT2D eigenvalue weighted by atomic mass is 9.82. The molecule has 1 amide bonds. The van der Waals surface area contributed by atoms with E-state index in [-0.39, 0.29) is 6.04 Å². The summed E-state index contributed by atoms with van der Waals surface area (Å²) < 4.78 is 11.5. The summed E-state index contributed by atoms with van der Waals surface area (Å²) in [5, 5.41) is 7.05. The maximum atomic E-state index is 12.7. The lowest BCUT2D eigenvalue weighted by Crippen LogP contribution is -2.36. The van der Waals surface area contributed by atoms with Crippen molar-refractivity contribution in [2.45, 2.75) is 104 Å². The summed E-state index contributed by atoms with van der Waals surface area (Å²) in [4.78, 5) is 22.8. The molecule has 3 heterocycles. The summed E-state index contributed by atoms with van der Waals surface area (Å²) in [7, 11) is 3.97. The molecule has 0 bridgehead atoms. The smallest absolute Gasteiger partial charge is 0.248 e. The molecule has 4 N–H and O–H groups in total. The van der Waals surface area contributed by atoms with E-state index in [2.05, 4.69) is 67.3 Å². The molecule has 4 rings (SSSR count). The average Bonchev–Trinajstić information content (AvgIpc) is 3.06. The number of hydrogen-bond acceptors (Lipinski definition) is 7. The molecule has 9 nitrogen and oxygen atoms in total. The van der Waals surface area contributed by atoms with Crippen molar-refractivity contribution in [1.29, 1.82) is 0 Å². The molecule has 3 aliphatic heterocycles. The van der Waals surface area contributed by atoms with Gasteiger partial charge in [-0.2, -0.15) is 0 Å². The van der Waals surface area contributed by atoms with Gasteiger partial charge in [-0.05, 0) is 114 Å². The summed E-state index contributed by atoms with van der Waals surface area (Å²) in [6.07, 6.45) is 11.5. The van der Waals surface area contributed by atoms with Gasteiger partial charge in [0.05, 0.1) is 24.4 Å². The molecule has 0 radical (unpaired) electrons. The van der Waals surface area contributed by atoms with Gasteiger partial charge in [0.2, 0.25) is 5.91 Å². The molecule has 1 aromatic rings. The SMILES string of the molecule is CCCN(C)CCCC[C@@H](C)C1CCN(c2ccc(NC3=C(C(N)=O)CC/C(C)=C(\CC)C(=NC4CCOCC4)N3)cc2OC)CC1. The average molecular weight is 651 g/mol. The van der Waals surface area contributed by atoms with Gasteiger partial charge in [0.1, 0.15) is 17.4 Å². The van der Waals surface area contributed by atoms with Gasteiger partial charge in [0, 0.05) is 38.1 Å². The summed E-state index contributed by atoms with van der Waals surface area (Å²) >= 11 is 0. The summed E-state index contributed by atoms with van der Waals surface area (Å²) in [6, 6.07) is 6.43. The van der Waals surface area contributed by atoms with Crippen LogP contribution in [0.5, 0.6) is 5.75 Å². The third kappa shape index (κ3) is 10.5. The molecular weight excluding hydrogens is 588 g/mol. The third-order valence-electron chi connectivity index (χ3n) is 10.4. The number of nitrogens with one attached hydrogen (secondary N) is 2. The van der Waals surface area contributed by atoms with Crippen molar-refractivity contribution in [3.05, 3.63) is 40.7 Å². The van der Waals surface area contributed by atoms with E-state index in [0.29, 0.717) is 17.8 Å². The van der Waals surface area contributed by atoms with Gasteiger partial charge >= 0.3 is 0 Å². The highest BCUT2D eigenvalue weighted by Gasteiger charge is 2.26. The normalized spacial score (nSPS) is 21.9. The maximum absolute atomic E-state index is 12.7. The number of amides is 1. The van der Waals surface area contributed by atoms with Crippen molar-refractivity contribution in [3.8, 4) is 5.75 Å². The predicted octanol–water partition coefficient (Wildman–Crippen LogP) is 6.86. The second-order valence-corrected chi connectivity index (χ2v) is 13.9. The summed E-state index contributed by atoms with van der Waals surface area (Å²) in [5.74, 6) is 3.36. The van der Waals surface area contributed by atoms with Crippen LogP contribution in [0.25, 0.3) is 0 Å². The number of methoxy groups -OCH3 is 1. The fraction of sp³-hybridized carbons (Fsp3) is 0.684.